The Kier molecular flexibility index (Phi) is 4.63. The average Bonchev–Trinajstić information content (AvgIpc) is 2.40. The minimum Gasteiger partial charge on any atom is -0.263 e. The smallest absolute Gasteiger partial charge is 0.263 e. The van der Waals surface area contributed by atoms with Crippen molar-refractivity contribution < 1.29 is 12.6 Å². The zero-order valence-electron chi connectivity index (χ0n) is 11.6. The normalized spacial score (nSPS) is 24.3. The van der Waals surface area contributed by atoms with Crippen LogP contribution in [0.3, 0.4) is 0 Å². The third kappa shape index (κ3) is 3.80. The van der Waals surface area contributed by atoms with Gasteiger partial charge in [0, 0.05) is 0 Å². The van der Waals surface area contributed by atoms with E-state index in [1.165, 1.54) is 6.42 Å². The van der Waals surface area contributed by atoms with E-state index >= 15 is 0 Å². The summed E-state index contributed by atoms with van der Waals surface area (Å²) in [6.07, 6.45) is 4.88. The summed E-state index contributed by atoms with van der Waals surface area (Å²) in [7, 11) is -3.60. The molecule has 0 aliphatic heterocycles. The van der Waals surface area contributed by atoms with Gasteiger partial charge in [-0.3, -0.25) is 4.18 Å². The minimum absolute atomic E-state index is 0.144. The second kappa shape index (κ2) is 6.06. The van der Waals surface area contributed by atoms with Crippen LogP contribution in [0.4, 0.5) is 0 Å². The van der Waals surface area contributed by atoms with E-state index in [1.807, 2.05) is 6.92 Å². The maximum absolute atomic E-state index is 12.1. The van der Waals surface area contributed by atoms with Gasteiger partial charge in [0.25, 0.3) is 10.1 Å². The van der Waals surface area contributed by atoms with Crippen LogP contribution in [0.25, 0.3) is 0 Å². The predicted octanol–water partition coefficient (Wildman–Crippen LogP) is 3.67. The highest BCUT2D eigenvalue weighted by Crippen LogP contribution is 2.30. The van der Waals surface area contributed by atoms with Crippen molar-refractivity contribution in [3.05, 3.63) is 29.8 Å². The minimum atomic E-state index is -3.60. The predicted molar refractivity (Wildman–Crippen MR) is 75.5 cm³/mol. The molecule has 0 aromatic heterocycles. The van der Waals surface area contributed by atoms with E-state index in [4.69, 9.17) is 4.18 Å². The molecule has 1 aromatic rings. The number of aryl methyl sites for hydroxylation is 1. The van der Waals surface area contributed by atoms with Gasteiger partial charge in [-0.25, -0.2) is 0 Å². The van der Waals surface area contributed by atoms with Crippen LogP contribution in [0.1, 0.15) is 44.6 Å². The molecule has 0 radical (unpaired) electrons. The molecule has 1 aromatic carbocycles. The highest BCUT2D eigenvalue weighted by Gasteiger charge is 2.26. The van der Waals surface area contributed by atoms with Crippen LogP contribution in [-0.2, 0) is 14.3 Å². The Balaban J connectivity index is 2.00. The van der Waals surface area contributed by atoms with Gasteiger partial charge in [-0.2, -0.15) is 8.42 Å². The van der Waals surface area contributed by atoms with Crippen LogP contribution in [0, 0.1) is 12.8 Å². The van der Waals surface area contributed by atoms with Gasteiger partial charge in [-0.1, -0.05) is 31.0 Å². The van der Waals surface area contributed by atoms with Gasteiger partial charge in [0.2, 0.25) is 0 Å². The van der Waals surface area contributed by atoms with E-state index in [2.05, 4.69) is 6.92 Å². The maximum atomic E-state index is 12.1. The molecule has 0 spiro atoms. The van der Waals surface area contributed by atoms with E-state index in [1.54, 1.807) is 24.3 Å². The van der Waals surface area contributed by atoms with Gasteiger partial charge < -0.3 is 0 Å². The summed E-state index contributed by atoms with van der Waals surface area (Å²) in [5.74, 6) is 0.738. The Labute approximate surface area is 116 Å². The molecule has 3 nitrogen and oxygen atoms in total. The number of benzene rings is 1. The lowest BCUT2D eigenvalue weighted by atomic mass is 9.86. The van der Waals surface area contributed by atoms with Crippen molar-refractivity contribution in [2.45, 2.75) is 57.0 Å². The first-order valence-electron chi connectivity index (χ1n) is 7.01. The Morgan fingerprint density at radius 1 is 1.11 bits per heavy atom. The van der Waals surface area contributed by atoms with Crippen molar-refractivity contribution >= 4 is 10.1 Å². The first-order chi connectivity index (χ1) is 9.01. The Bertz CT molecular complexity index is 497. The topological polar surface area (TPSA) is 43.4 Å². The highest BCUT2D eigenvalue weighted by atomic mass is 32.2. The Morgan fingerprint density at radius 3 is 2.21 bits per heavy atom. The zero-order valence-corrected chi connectivity index (χ0v) is 12.4. The summed E-state index contributed by atoms with van der Waals surface area (Å²) in [5, 5.41) is 0. The SMILES string of the molecule is CCC1CCC(OS(=O)(=O)c2ccc(C)cc2)CC1. The zero-order chi connectivity index (χ0) is 13.9. The fourth-order valence-electron chi connectivity index (χ4n) is 2.58. The largest absolute Gasteiger partial charge is 0.297 e. The van der Waals surface area contributed by atoms with Gasteiger partial charge >= 0.3 is 0 Å². The van der Waals surface area contributed by atoms with Crippen molar-refractivity contribution in [2.24, 2.45) is 5.92 Å². The fraction of sp³-hybridized carbons (Fsp3) is 0.600. The third-order valence-corrected chi connectivity index (χ3v) is 5.32. The molecule has 0 amide bonds. The molecule has 0 bridgehead atoms. The van der Waals surface area contributed by atoms with Crippen molar-refractivity contribution in [1.82, 2.24) is 0 Å². The van der Waals surface area contributed by atoms with Gasteiger partial charge in [-0.15, -0.1) is 0 Å². The molecule has 0 heterocycles. The molecule has 1 fully saturated rings. The third-order valence-electron chi connectivity index (χ3n) is 3.94. The lowest BCUT2D eigenvalue weighted by Crippen LogP contribution is -2.24. The van der Waals surface area contributed by atoms with Crippen molar-refractivity contribution in [1.29, 1.82) is 0 Å². The number of hydrogen-bond donors (Lipinski definition) is 0. The number of hydrogen-bond acceptors (Lipinski definition) is 3. The molecule has 0 atom stereocenters. The first kappa shape index (κ1) is 14.5. The molecule has 2 rings (SSSR count). The van der Waals surface area contributed by atoms with Crippen LogP contribution in [0.2, 0.25) is 0 Å². The molecule has 19 heavy (non-hydrogen) atoms. The molecule has 0 saturated heterocycles. The summed E-state index contributed by atoms with van der Waals surface area (Å²) in [6, 6.07) is 6.82. The van der Waals surface area contributed by atoms with Crippen LogP contribution in [-0.4, -0.2) is 14.5 Å². The average molecular weight is 282 g/mol. The summed E-state index contributed by atoms with van der Waals surface area (Å²) >= 11 is 0. The molecule has 106 valence electrons. The van der Waals surface area contributed by atoms with Crippen LogP contribution in [0.15, 0.2) is 29.2 Å². The fourth-order valence-corrected chi connectivity index (χ4v) is 3.71. The summed E-state index contributed by atoms with van der Waals surface area (Å²) in [5.41, 5.74) is 1.04. The molecule has 0 N–H and O–H groups in total. The standard InChI is InChI=1S/C15H22O3S/c1-3-13-6-8-14(9-7-13)18-19(16,17)15-10-4-12(2)5-11-15/h4-5,10-11,13-14H,3,6-9H2,1-2H3. The highest BCUT2D eigenvalue weighted by molar-refractivity contribution is 7.86. The lowest BCUT2D eigenvalue weighted by Gasteiger charge is -2.27. The van der Waals surface area contributed by atoms with Crippen molar-refractivity contribution in [3.8, 4) is 0 Å². The maximum Gasteiger partial charge on any atom is 0.297 e. The molecule has 1 aliphatic carbocycles. The monoisotopic (exact) mass is 282 g/mol. The van der Waals surface area contributed by atoms with Gasteiger partial charge in [-0.05, 0) is 50.7 Å². The lowest BCUT2D eigenvalue weighted by molar-refractivity contribution is 0.136. The van der Waals surface area contributed by atoms with E-state index in [0.717, 1.165) is 37.2 Å². The van der Waals surface area contributed by atoms with E-state index in [-0.39, 0.29) is 11.0 Å². The van der Waals surface area contributed by atoms with Crippen molar-refractivity contribution in [2.75, 3.05) is 0 Å². The van der Waals surface area contributed by atoms with Crippen LogP contribution in [0.5, 0.6) is 0 Å². The molecule has 1 aliphatic rings. The van der Waals surface area contributed by atoms with Crippen LogP contribution < -0.4 is 0 Å². The molecule has 0 unspecified atom stereocenters. The summed E-state index contributed by atoms with van der Waals surface area (Å²) < 4.78 is 29.7. The Hall–Kier alpha value is -0.870. The summed E-state index contributed by atoms with van der Waals surface area (Å²) in [4.78, 5) is 0.260. The molecular formula is C15H22O3S. The van der Waals surface area contributed by atoms with Gasteiger partial charge in [0.1, 0.15) is 0 Å². The van der Waals surface area contributed by atoms with Crippen molar-refractivity contribution in [3.63, 3.8) is 0 Å². The van der Waals surface area contributed by atoms with E-state index in [0.29, 0.717) is 0 Å². The summed E-state index contributed by atoms with van der Waals surface area (Å²) in [6.45, 7) is 4.12. The van der Waals surface area contributed by atoms with E-state index < -0.39 is 10.1 Å². The number of rotatable bonds is 4. The van der Waals surface area contributed by atoms with E-state index in [9.17, 15) is 8.42 Å². The Morgan fingerprint density at radius 2 is 1.68 bits per heavy atom. The molecule has 1 saturated carbocycles. The second-order valence-corrected chi connectivity index (χ2v) is 6.99. The van der Waals surface area contributed by atoms with Crippen LogP contribution >= 0.6 is 0 Å². The van der Waals surface area contributed by atoms with Gasteiger partial charge in [0.15, 0.2) is 0 Å². The molecular weight excluding hydrogens is 260 g/mol. The van der Waals surface area contributed by atoms with Gasteiger partial charge in [0.05, 0.1) is 11.0 Å². The first-order valence-corrected chi connectivity index (χ1v) is 8.42. The quantitative estimate of drug-likeness (QED) is 0.791. The molecule has 4 heteroatoms. The second-order valence-electron chi connectivity index (χ2n) is 5.41.